The van der Waals surface area contributed by atoms with Crippen molar-refractivity contribution in [2.24, 2.45) is 0 Å². The van der Waals surface area contributed by atoms with Crippen molar-refractivity contribution in [3.05, 3.63) is 24.0 Å². The second-order valence-corrected chi connectivity index (χ2v) is 3.47. The Morgan fingerprint density at radius 1 is 1.54 bits per heavy atom. The number of rotatable bonds is 4. The lowest BCUT2D eigenvalue weighted by atomic mass is 10.2. The Kier molecular flexibility index (Phi) is 3.74. The normalized spacial score (nSPS) is 12.5. The zero-order valence-corrected chi connectivity index (χ0v) is 8.67. The molecule has 1 aromatic heterocycles. The van der Waals surface area contributed by atoms with Crippen LogP contribution in [0.5, 0.6) is 0 Å². The van der Waals surface area contributed by atoms with Gasteiger partial charge in [0.25, 0.3) is 0 Å². The molecule has 0 fully saturated rings. The molecule has 2 nitrogen and oxygen atoms in total. The van der Waals surface area contributed by atoms with Crippen molar-refractivity contribution >= 4 is 5.69 Å². The fourth-order valence-electron chi connectivity index (χ4n) is 1.41. The minimum absolute atomic E-state index is 0.535. The Balaban J connectivity index is 2.58. The van der Waals surface area contributed by atoms with E-state index in [1.54, 1.807) is 0 Å². The Morgan fingerprint density at radius 3 is 2.92 bits per heavy atom. The molecule has 0 spiro atoms. The molecule has 0 saturated heterocycles. The zero-order chi connectivity index (χ0) is 9.68. The molecule has 0 aliphatic rings. The van der Waals surface area contributed by atoms with Gasteiger partial charge >= 0.3 is 0 Å². The van der Waals surface area contributed by atoms with Crippen LogP contribution in [0.15, 0.2) is 18.3 Å². The van der Waals surface area contributed by atoms with Gasteiger partial charge in [-0.25, -0.2) is 0 Å². The topological polar surface area (TPSA) is 24.9 Å². The maximum Gasteiger partial charge on any atom is 0.0603 e. The molecule has 1 atom stereocenters. The molecular weight excluding hydrogens is 160 g/mol. The van der Waals surface area contributed by atoms with Crippen molar-refractivity contribution in [1.82, 2.24) is 4.98 Å². The predicted molar refractivity (Wildman–Crippen MR) is 57.0 cm³/mol. The molecule has 1 N–H and O–H groups in total. The summed E-state index contributed by atoms with van der Waals surface area (Å²) in [5.41, 5.74) is 2.23. The first-order chi connectivity index (χ1) is 6.24. The number of nitrogens with zero attached hydrogens (tertiary/aromatic N) is 1. The quantitative estimate of drug-likeness (QED) is 0.766. The van der Waals surface area contributed by atoms with Crippen LogP contribution < -0.4 is 5.32 Å². The first-order valence-corrected chi connectivity index (χ1v) is 4.92. The van der Waals surface area contributed by atoms with Crippen LogP contribution in [-0.4, -0.2) is 11.0 Å². The van der Waals surface area contributed by atoms with Crippen LogP contribution in [-0.2, 0) is 0 Å². The first-order valence-electron chi connectivity index (χ1n) is 4.92. The third-order valence-electron chi connectivity index (χ3n) is 2.13. The first kappa shape index (κ1) is 10.0. The van der Waals surface area contributed by atoms with Gasteiger partial charge in [0.2, 0.25) is 0 Å². The molecule has 1 aromatic rings. The molecule has 1 unspecified atom stereocenters. The lowest BCUT2D eigenvalue weighted by molar-refractivity contribution is 0.689. The molecule has 0 aromatic carbocycles. The summed E-state index contributed by atoms with van der Waals surface area (Å²) in [7, 11) is 0. The van der Waals surface area contributed by atoms with Gasteiger partial charge < -0.3 is 5.32 Å². The van der Waals surface area contributed by atoms with Crippen LogP contribution in [0.2, 0.25) is 0 Å². The van der Waals surface area contributed by atoms with E-state index in [0.29, 0.717) is 6.04 Å². The molecule has 1 rings (SSSR count). The average molecular weight is 178 g/mol. The second-order valence-electron chi connectivity index (χ2n) is 3.47. The van der Waals surface area contributed by atoms with Crippen molar-refractivity contribution in [3.63, 3.8) is 0 Å². The number of pyridine rings is 1. The van der Waals surface area contributed by atoms with Gasteiger partial charge in [0.1, 0.15) is 0 Å². The van der Waals surface area contributed by atoms with Gasteiger partial charge in [-0.3, -0.25) is 4.98 Å². The third kappa shape index (κ3) is 3.05. The lowest BCUT2D eigenvalue weighted by Crippen LogP contribution is -2.15. The van der Waals surface area contributed by atoms with Crippen LogP contribution in [0, 0.1) is 6.92 Å². The Hall–Kier alpha value is -1.05. The maximum absolute atomic E-state index is 4.23. The summed E-state index contributed by atoms with van der Waals surface area (Å²) in [5.74, 6) is 0. The van der Waals surface area contributed by atoms with Crippen molar-refractivity contribution in [3.8, 4) is 0 Å². The Labute approximate surface area is 80.4 Å². The van der Waals surface area contributed by atoms with E-state index in [0.717, 1.165) is 11.4 Å². The zero-order valence-electron chi connectivity index (χ0n) is 8.67. The summed E-state index contributed by atoms with van der Waals surface area (Å²) in [4.78, 5) is 4.23. The largest absolute Gasteiger partial charge is 0.381 e. The van der Waals surface area contributed by atoms with E-state index in [2.05, 4.69) is 30.2 Å². The molecular formula is C11H18N2. The Morgan fingerprint density at radius 2 is 2.31 bits per heavy atom. The summed E-state index contributed by atoms with van der Waals surface area (Å²) < 4.78 is 0. The molecule has 72 valence electrons. The van der Waals surface area contributed by atoms with Crippen LogP contribution in [0.3, 0.4) is 0 Å². The fourth-order valence-corrected chi connectivity index (χ4v) is 1.41. The van der Waals surface area contributed by atoms with E-state index in [4.69, 9.17) is 0 Å². The molecule has 0 amide bonds. The van der Waals surface area contributed by atoms with Crippen molar-refractivity contribution in [2.75, 3.05) is 5.32 Å². The molecule has 13 heavy (non-hydrogen) atoms. The summed E-state index contributed by atoms with van der Waals surface area (Å²) >= 11 is 0. The average Bonchev–Trinajstić information content (AvgIpc) is 2.09. The van der Waals surface area contributed by atoms with Crippen LogP contribution >= 0.6 is 0 Å². The van der Waals surface area contributed by atoms with Gasteiger partial charge in [0.05, 0.1) is 11.4 Å². The van der Waals surface area contributed by atoms with E-state index in [1.807, 2.05) is 19.2 Å². The standard InChI is InChI=1S/C11H18N2/c1-4-6-9(2)13-11-7-5-8-12-10(11)3/h5,7-9,13H,4,6H2,1-3H3. The molecule has 0 radical (unpaired) electrons. The minimum atomic E-state index is 0.535. The van der Waals surface area contributed by atoms with Crippen LogP contribution in [0.25, 0.3) is 0 Å². The highest BCUT2D eigenvalue weighted by Gasteiger charge is 2.02. The van der Waals surface area contributed by atoms with Crippen LogP contribution in [0.4, 0.5) is 5.69 Å². The number of hydrogen-bond donors (Lipinski definition) is 1. The maximum atomic E-state index is 4.23. The molecule has 2 heteroatoms. The summed E-state index contributed by atoms with van der Waals surface area (Å²) in [6.07, 6.45) is 4.24. The van der Waals surface area contributed by atoms with Gasteiger partial charge in [-0.1, -0.05) is 13.3 Å². The highest BCUT2D eigenvalue weighted by Crippen LogP contribution is 2.13. The predicted octanol–water partition coefficient (Wildman–Crippen LogP) is 2.99. The van der Waals surface area contributed by atoms with Gasteiger partial charge in [-0.15, -0.1) is 0 Å². The summed E-state index contributed by atoms with van der Waals surface area (Å²) in [6.45, 7) is 6.44. The minimum Gasteiger partial charge on any atom is -0.381 e. The summed E-state index contributed by atoms with van der Waals surface area (Å²) in [6, 6.07) is 4.58. The molecule has 0 aliphatic carbocycles. The highest BCUT2D eigenvalue weighted by molar-refractivity contribution is 5.47. The number of aromatic nitrogens is 1. The lowest BCUT2D eigenvalue weighted by Gasteiger charge is -2.15. The third-order valence-corrected chi connectivity index (χ3v) is 2.13. The number of nitrogens with one attached hydrogen (secondary N) is 1. The van der Waals surface area contributed by atoms with E-state index < -0.39 is 0 Å². The van der Waals surface area contributed by atoms with Crippen molar-refractivity contribution in [1.29, 1.82) is 0 Å². The number of aryl methyl sites for hydroxylation is 1. The molecule has 1 heterocycles. The smallest absolute Gasteiger partial charge is 0.0603 e. The monoisotopic (exact) mass is 178 g/mol. The SMILES string of the molecule is CCCC(C)Nc1cccnc1C. The number of hydrogen-bond acceptors (Lipinski definition) is 2. The van der Waals surface area contributed by atoms with Crippen molar-refractivity contribution < 1.29 is 0 Å². The van der Waals surface area contributed by atoms with E-state index in [9.17, 15) is 0 Å². The van der Waals surface area contributed by atoms with E-state index >= 15 is 0 Å². The van der Waals surface area contributed by atoms with Crippen LogP contribution in [0.1, 0.15) is 32.4 Å². The van der Waals surface area contributed by atoms with Gasteiger partial charge in [-0.05, 0) is 32.4 Å². The Bertz CT molecular complexity index is 258. The van der Waals surface area contributed by atoms with E-state index in [1.165, 1.54) is 12.8 Å². The summed E-state index contributed by atoms with van der Waals surface area (Å²) in [5, 5.41) is 3.45. The van der Waals surface area contributed by atoms with Gasteiger partial charge in [-0.2, -0.15) is 0 Å². The molecule has 0 aliphatic heterocycles. The molecule has 0 bridgehead atoms. The molecule has 0 saturated carbocycles. The highest BCUT2D eigenvalue weighted by atomic mass is 14.9. The van der Waals surface area contributed by atoms with E-state index in [-0.39, 0.29) is 0 Å². The second kappa shape index (κ2) is 4.85. The fraction of sp³-hybridized carbons (Fsp3) is 0.545. The van der Waals surface area contributed by atoms with Gasteiger partial charge in [0, 0.05) is 12.2 Å². The van der Waals surface area contributed by atoms with Crippen molar-refractivity contribution in [2.45, 2.75) is 39.7 Å². The number of anilines is 1. The van der Waals surface area contributed by atoms with Gasteiger partial charge in [0.15, 0.2) is 0 Å².